The number of methoxy groups -OCH3 is 2. The zero-order valence-corrected chi connectivity index (χ0v) is 14.8. The van der Waals surface area contributed by atoms with E-state index >= 15 is 0 Å². The van der Waals surface area contributed by atoms with Gasteiger partial charge in [0, 0.05) is 6.54 Å². The number of carbonyl (C=O) groups is 1. The monoisotopic (exact) mass is 340 g/mol. The molecule has 0 aromatic heterocycles. The van der Waals surface area contributed by atoms with Crippen molar-refractivity contribution in [1.82, 2.24) is 10.6 Å². The minimum atomic E-state index is -0.394. The smallest absolute Gasteiger partial charge is 0.242 e. The van der Waals surface area contributed by atoms with Gasteiger partial charge in [-0.05, 0) is 42.2 Å². The van der Waals surface area contributed by atoms with Crippen LogP contribution in [0.1, 0.15) is 35.7 Å². The topological polar surface area (TPSA) is 59.6 Å². The summed E-state index contributed by atoms with van der Waals surface area (Å²) in [7, 11) is 3.23. The quantitative estimate of drug-likeness (QED) is 0.879. The summed E-state index contributed by atoms with van der Waals surface area (Å²) in [6.45, 7) is 2.74. The fourth-order valence-corrected chi connectivity index (χ4v) is 3.24. The number of amides is 1. The molecule has 2 aromatic carbocycles. The van der Waals surface area contributed by atoms with Gasteiger partial charge in [-0.15, -0.1) is 0 Å². The molecule has 0 aliphatic carbocycles. The van der Waals surface area contributed by atoms with Gasteiger partial charge < -0.3 is 20.1 Å². The molecule has 0 radical (unpaired) electrons. The lowest BCUT2D eigenvalue weighted by Gasteiger charge is -2.28. The number of benzene rings is 2. The third-order valence-corrected chi connectivity index (χ3v) is 4.62. The average Bonchev–Trinajstić information content (AvgIpc) is 2.66. The molecule has 0 saturated carbocycles. The highest BCUT2D eigenvalue weighted by Crippen LogP contribution is 2.35. The molecule has 5 heteroatoms. The zero-order chi connectivity index (χ0) is 17.8. The van der Waals surface area contributed by atoms with Crippen LogP contribution in [0.5, 0.6) is 11.5 Å². The van der Waals surface area contributed by atoms with E-state index in [1.807, 2.05) is 49.4 Å². The molecule has 2 N–H and O–H groups in total. The van der Waals surface area contributed by atoms with Crippen molar-refractivity contribution < 1.29 is 14.3 Å². The lowest BCUT2D eigenvalue weighted by atomic mass is 9.92. The van der Waals surface area contributed by atoms with Crippen molar-refractivity contribution in [1.29, 1.82) is 0 Å². The Morgan fingerprint density at radius 3 is 2.52 bits per heavy atom. The number of hydrogen-bond acceptors (Lipinski definition) is 4. The number of hydrogen-bond donors (Lipinski definition) is 2. The summed E-state index contributed by atoms with van der Waals surface area (Å²) in [6, 6.07) is 13.4. The summed E-state index contributed by atoms with van der Waals surface area (Å²) in [5.41, 5.74) is 3.14. The minimum absolute atomic E-state index is 0.0375. The van der Waals surface area contributed by atoms with Gasteiger partial charge in [-0.1, -0.05) is 30.3 Å². The van der Waals surface area contributed by atoms with Gasteiger partial charge in [-0.25, -0.2) is 0 Å². The highest BCUT2D eigenvalue weighted by Gasteiger charge is 2.28. The molecule has 132 valence electrons. The van der Waals surface area contributed by atoms with Crippen molar-refractivity contribution >= 4 is 5.91 Å². The molecule has 0 spiro atoms. The lowest BCUT2D eigenvalue weighted by Crippen LogP contribution is -2.42. The molecule has 1 heterocycles. The number of fused-ring (bicyclic) bond motifs is 1. The standard InChI is InChI=1S/C20H24N2O3/c1-13(14-7-5-4-6-8-14)22-20(23)19-16-12-18(25-3)17(24-2)11-15(16)9-10-21-19/h4-8,11-13,19,21H,9-10H2,1-3H3,(H,22,23)/t13-,19+/m0/s1. The van der Waals surface area contributed by atoms with Gasteiger partial charge in [0.2, 0.25) is 5.91 Å². The summed E-state index contributed by atoms with van der Waals surface area (Å²) in [5.74, 6) is 1.29. The van der Waals surface area contributed by atoms with Gasteiger partial charge in [0.25, 0.3) is 0 Å². The molecule has 0 fully saturated rings. The highest BCUT2D eigenvalue weighted by molar-refractivity contribution is 5.84. The first kappa shape index (κ1) is 17.3. The van der Waals surface area contributed by atoms with Crippen molar-refractivity contribution in [3.63, 3.8) is 0 Å². The molecule has 25 heavy (non-hydrogen) atoms. The van der Waals surface area contributed by atoms with E-state index in [2.05, 4.69) is 10.6 Å². The third kappa shape index (κ3) is 3.61. The number of rotatable bonds is 5. The van der Waals surface area contributed by atoms with Crippen LogP contribution in [0.3, 0.4) is 0 Å². The van der Waals surface area contributed by atoms with Crippen molar-refractivity contribution in [3.05, 3.63) is 59.2 Å². The summed E-state index contributed by atoms with van der Waals surface area (Å²) in [6.07, 6.45) is 0.855. The molecule has 0 unspecified atom stereocenters. The van der Waals surface area contributed by atoms with Crippen LogP contribution in [0.25, 0.3) is 0 Å². The molecule has 2 atom stereocenters. The fourth-order valence-electron chi connectivity index (χ4n) is 3.24. The summed E-state index contributed by atoms with van der Waals surface area (Å²) in [5, 5.41) is 6.41. The van der Waals surface area contributed by atoms with Gasteiger partial charge >= 0.3 is 0 Å². The van der Waals surface area contributed by atoms with E-state index in [9.17, 15) is 4.79 Å². The molecule has 2 aromatic rings. The van der Waals surface area contributed by atoms with Crippen LogP contribution in [-0.4, -0.2) is 26.7 Å². The Morgan fingerprint density at radius 2 is 1.84 bits per heavy atom. The Hall–Kier alpha value is -2.53. The van der Waals surface area contributed by atoms with E-state index in [-0.39, 0.29) is 11.9 Å². The minimum Gasteiger partial charge on any atom is -0.493 e. The maximum atomic E-state index is 12.9. The molecule has 1 amide bonds. The van der Waals surface area contributed by atoms with Gasteiger partial charge in [-0.3, -0.25) is 4.79 Å². The van der Waals surface area contributed by atoms with Crippen LogP contribution in [0.15, 0.2) is 42.5 Å². The van der Waals surface area contributed by atoms with Crippen LogP contribution in [-0.2, 0) is 11.2 Å². The van der Waals surface area contributed by atoms with Gasteiger partial charge in [0.15, 0.2) is 11.5 Å². The molecular formula is C20H24N2O3. The second-order valence-electron chi connectivity index (χ2n) is 6.18. The van der Waals surface area contributed by atoms with E-state index in [0.717, 1.165) is 29.7 Å². The Balaban J connectivity index is 1.83. The first-order chi connectivity index (χ1) is 12.1. The maximum Gasteiger partial charge on any atom is 0.242 e. The molecule has 5 nitrogen and oxygen atoms in total. The van der Waals surface area contributed by atoms with Crippen LogP contribution < -0.4 is 20.1 Å². The molecule has 1 aliphatic heterocycles. The normalized spacial score (nSPS) is 17.3. The van der Waals surface area contributed by atoms with Gasteiger partial charge in [0.05, 0.1) is 20.3 Å². The summed E-state index contributed by atoms with van der Waals surface area (Å²) in [4.78, 5) is 12.9. The Morgan fingerprint density at radius 1 is 1.16 bits per heavy atom. The Bertz CT molecular complexity index is 746. The van der Waals surface area contributed by atoms with Crippen molar-refractivity contribution in [2.45, 2.75) is 25.4 Å². The lowest BCUT2D eigenvalue weighted by molar-refractivity contribution is -0.124. The van der Waals surface area contributed by atoms with E-state index < -0.39 is 6.04 Å². The SMILES string of the molecule is COc1cc2c(cc1OC)[C@H](C(=O)N[C@@H](C)c1ccccc1)NCC2. The predicted molar refractivity (Wildman–Crippen MR) is 97.0 cm³/mol. The van der Waals surface area contributed by atoms with Crippen LogP contribution in [0.2, 0.25) is 0 Å². The first-order valence-corrected chi connectivity index (χ1v) is 8.47. The van der Waals surface area contributed by atoms with E-state index in [4.69, 9.17) is 9.47 Å². The average molecular weight is 340 g/mol. The fraction of sp³-hybridized carbons (Fsp3) is 0.350. The van der Waals surface area contributed by atoms with Crippen molar-refractivity contribution in [2.75, 3.05) is 20.8 Å². The molecule has 0 bridgehead atoms. The second kappa shape index (κ2) is 7.57. The molecular weight excluding hydrogens is 316 g/mol. The molecule has 1 aliphatic rings. The largest absolute Gasteiger partial charge is 0.493 e. The van der Waals surface area contributed by atoms with E-state index in [1.165, 1.54) is 0 Å². The first-order valence-electron chi connectivity index (χ1n) is 8.47. The molecule has 0 saturated heterocycles. The van der Waals surface area contributed by atoms with E-state index in [1.54, 1.807) is 14.2 Å². The number of ether oxygens (including phenoxy) is 2. The van der Waals surface area contributed by atoms with Crippen molar-refractivity contribution in [2.24, 2.45) is 0 Å². The maximum absolute atomic E-state index is 12.9. The predicted octanol–water partition coefficient (Wildman–Crippen LogP) is 2.77. The summed E-state index contributed by atoms with van der Waals surface area (Å²) >= 11 is 0. The van der Waals surface area contributed by atoms with Crippen LogP contribution in [0.4, 0.5) is 0 Å². The highest BCUT2D eigenvalue weighted by atomic mass is 16.5. The third-order valence-electron chi connectivity index (χ3n) is 4.62. The van der Waals surface area contributed by atoms with Crippen LogP contribution in [0, 0.1) is 0 Å². The Kier molecular flexibility index (Phi) is 5.24. The van der Waals surface area contributed by atoms with Gasteiger partial charge in [-0.2, -0.15) is 0 Å². The van der Waals surface area contributed by atoms with Crippen molar-refractivity contribution in [3.8, 4) is 11.5 Å². The van der Waals surface area contributed by atoms with E-state index in [0.29, 0.717) is 11.5 Å². The molecule has 3 rings (SSSR count). The van der Waals surface area contributed by atoms with Gasteiger partial charge in [0.1, 0.15) is 6.04 Å². The zero-order valence-electron chi connectivity index (χ0n) is 14.8. The number of nitrogens with one attached hydrogen (secondary N) is 2. The summed E-state index contributed by atoms with van der Waals surface area (Å²) < 4.78 is 10.8. The second-order valence-corrected chi connectivity index (χ2v) is 6.18. The Labute approximate surface area is 148 Å². The van der Waals surface area contributed by atoms with Crippen LogP contribution >= 0.6 is 0 Å². The number of carbonyl (C=O) groups excluding carboxylic acids is 1.